The maximum atomic E-state index is 10.3. The molecule has 0 saturated carbocycles. The lowest BCUT2D eigenvalue weighted by Crippen LogP contribution is -2.19. The van der Waals surface area contributed by atoms with E-state index < -0.39 is 6.09 Å². The average Bonchev–Trinajstić information content (AvgIpc) is 2.80. The Hall–Kier alpha value is -2.30. The van der Waals surface area contributed by atoms with E-state index in [2.05, 4.69) is 15.3 Å². The van der Waals surface area contributed by atoms with E-state index in [4.69, 9.17) is 5.11 Å². The lowest BCUT2D eigenvalue weighted by atomic mass is 10.1. The summed E-state index contributed by atoms with van der Waals surface area (Å²) in [5.74, 6) is 0.803. The van der Waals surface area contributed by atoms with Crippen LogP contribution in [0.4, 0.5) is 4.79 Å². The maximum absolute atomic E-state index is 10.3. The Morgan fingerprint density at radius 2 is 2.12 bits per heavy atom. The zero-order chi connectivity index (χ0) is 11.4. The van der Waals surface area contributed by atoms with Gasteiger partial charge in [-0.15, -0.1) is 0 Å². The van der Waals surface area contributed by atoms with Crippen LogP contribution in [0.5, 0.6) is 0 Å². The number of amides is 1. The van der Waals surface area contributed by atoms with Gasteiger partial charge in [0.25, 0.3) is 0 Å². The lowest BCUT2D eigenvalue weighted by Gasteiger charge is -2.02. The minimum Gasteiger partial charge on any atom is -0.465 e. The Labute approximate surface area is 92.2 Å². The molecule has 1 aromatic heterocycles. The normalized spacial score (nSPS) is 10.0. The van der Waals surface area contributed by atoms with Gasteiger partial charge in [0, 0.05) is 24.5 Å². The summed E-state index contributed by atoms with van der Waals surface area (Å²) < 4.78 is 0. The maximum Gasteiger partial charge on any atom is 0.404 e. The first-order valence-electron chi connectivity index (χ1n) is 4.81. The monoisotopic (exact) mass is 217 g/mol. The molecule has 2 aromatic rings. The molecule has 1 amide bonds. The largest absolute Gasteiger partial charge is 0.465 e. The Morgan fingerprint density at radius 1 is 1.38 bits per heavy atom. The molecule has 5 heteroatoms. The van der Waals surface area contributed by atoms with Crippen LogP contribution in [0.3, 0.4) is 0 Å². The van der Waals surface area contributed by atoms with Gasteiger partial charge in [-0.1, -0.05) is 24.3 Å². The molecule has 0 fully saturated rings. The number of imidazole rings is 1. The first-order valence-corrected chi connectivity index (χ1v) is 4.81. The van der Waals surface area contributed by atoms with Crippen LogP contribution < -0.4 is 5.32 Å². The van der Waals surface area contributed by atoms with Crippen molar-refractivity contribution in [2.24, 2.45) is 0 Å². The van der Waals surface area contributed by atoms with Gasteiger partial charge in [0.2, 0.25) is 0 Å². The molecule has 3 N–H and O–H groups in total. The molecule has 1 heterocycles. The van der Waals surface area contributed by atoms with Gasteiger partial charge >= 0.3 is 6.09 Å². The molecule has 0 unspecified atom stereocenters. The summed E-state index contributed by atoms with van der Waals surface area (Å²) in [6.45, 7) is 0.313. The number of rotatable bonds is 3. The summed E-state index contributed by atoms with van der Waals surface area (Å²) in [6.07, 6.45) is 2.43. The van der Waals surface area contributed by atoms with E-state index in [1.165, 1.54) is 0 Å². The number of benzene rings is 1. The van der Waals surface area contributed by atoms with Crippen molar-refractivity contribution in [1.82, 2.24) is 15.3 Å². The van der Waals surface area contributed by atoms with Crippen molar-refractivity contribution in [3.8, 4) is 11.4 Å². The zero-order valence-corrected chi connectivity index (χ0v) is 8.47. The summed E-state index contributed by atoms with van der Waals surface area (Å²) in [5.41, 5.74) is 1.89. The van der Waals surface area contributed by atoms with Crippen molar-refractivity contribution in [1.29, 1.82) is 0 Å². The van der Waals surface area contributed by atoms with Gasteiger partial charge in [0.15, 0.2) is 0 Å². The molecule has 0 aliphatic carbocycles. The molecule has 2 rings (SSSR count). The smallest absolute Gasteiger partial charge is 0.404 e. The standard InChI is InChI=1S/C11H11N3O2/c15-11(16)14-7-8-1-3-9(4-2-8)10-12-5-6-13-10/h1-6,14H,7H2,(H,12,13)(H,15,16). The van der Waals surface area contributed by atoms with Crippen molar-refractivity contribution >= 4 is 6.09 Å². The van der Waals surface area contributed by atoms with E-state index in [0.717, 1.165) is 17.0 Å². The molecule has 0 bridgehead atoms. The molecule has 82 valence electrons. The third-order valence-electron chi connectivity index (χ3n) is 2.17. The Bertz CT molecular complexity index is 462. The van der Waals surface area contributed by atoms with Gasteiger partial charge in [-0.3, -0.25) is 0 Å². The van der Waals surface area contributed by atoms with Crippen LogP contribution in [0.2, 0.25) is 0 Å². The number of nitrogens with zero attached hydrogens (tertiary/aromatic N) is 1. The highest BCUT2D eigenvalue weighted by Crippen LogP contribution is 2.14. The molecule has 0 spiro atoms. The average molecular weight is 217 g/mol. The van der Waals surface area contributed by atoms with Gasteiger partial charge in [-0.2, -0.15) is 0 Å². The second kappa shape index (κ2) is 4.48. The predicted molar refractivity (Wildman–Crippen MR) is 58.9 cm³/mol. The van der Waals surface area contributed by atoms with Crippen molar-refractivity contribution in [3.63, 3.8) is 0 Å². The molecule has 0 radical (unpaired) electrons. The fraction of sp³-hybridized carbons (Fsp3) is 0.0909. The highest BCUT2D eigenvalue weighted by atomic mass is 16.4. The fourth-order valence-corrected chi connectivity index (χ4v) is 1.38. The van der Waals surface area contributed by atoms with Gasteiger partial charge < -0.3 is 15.4 Å². The SMILES string of the molecule is O=C(O)NCc1ccc(-c2ncc[nH]2)cc1. The third kappa shape index (κ3) is 2.38. The Balaban J connectivity index is 2.08. The number of aromatic nitrogens is 2. The summed E-state index contributed by atoms with van der Waals surface area (Å²) in [5, 5.41) is 10.8. The number of hydrogen-bond donors (Lipinski definition) is 3. The molecule has 0 saturated heterocycles. The summed E-state index contributed by atoms with van der Waals surface area (Å²) >= 11 is 0. The van der Waals surface area contributed by atoms with E-state index in [1.54, 1.807) is 12.4 Å². The van der Waals surface area contributed by atoms with Crippen LogP contribution in [0, 0.1) is 0 Å². The quantitative estimate of drug-likeness (QED) is 0.734. The van der Waals surface area contributed by atoms with E-state index >= 15 is 0 Å². The molecule has 1 aromatic carbocycles. The van der Waals surface area contributed by atoms with Crippen LogP contribution in [-0.4, -0.2) is 21.2 Å². The second-order valence-corrected chi connectivity index (χ2v) is 3.29. The third-order valence-corrected chi connectivity index (χ3v) is 2.17. The highest BCUT2D eigenvalue weighted by molar-refractivity contribution is 5.64. The molecular weight excluding hydrogens is 206 g/mol. The summed E-state index contributed by atoms with van der Waals surface area (Å²) in [6, 6.07) is 7.54. The first kappa shape index (κ1) is 10.2. The van der Waals surface area contributed by atoms with Crippen LogP contribution in [0.15, 0.2) is 36.7 Å². The number of H-pyrrole nitrogens is 1. The van der Waals surface area contributed by atoms with E-state index in [1.807, 2.05) is 24.3 Å². The van der Waals surface area contributed by atoms with Crippen LogP contribution in [-0.2, 0) is 6.54 Å². The number of carbonyl (C=O) groups is 1. The lowest BCUT2D eigenvalue weighted by molar-refractivity contribution is 0.194. The predicted octanol–water partition coefficient (Wildman–Crippen LogP) is 1.84. The zero-order valence-electron chi connectivity index (χ0n) is 8.47. The first-order chi connectivity index (χ1) is 7.75. The van der Waals surface area contributed by atoms with Gasteiger partial charge in [-0.25, -0.2) is 9.78 Å². The number of nitrogens with one attached hydrogen (secondary N) is 2. The van der Waals surface area contributed by atoms with Gasteiger partial charge in [-0.05, 0) is 5.56 Å². The molecule has 0 atom stereocenters. The minimum atomic E-state index is -1.02. The summed E-state index contributed by atoms with van der Waals surface area (Å²) in [7, 11) is 0. The topological polar surface area (TPSA) is 78.0 Å². The highest BCUT2D eigenvalue weighted by Gasteiger charge is 2.00. The number of hydrogen-bond acceptors (Lipinski definition) is 2. The molecule has 5 nitrogen and oxygen atoms in total. The van der Waals surface area contributed by atoms with Crippen molar-refractivity contribution in [2.45, 2.75) is 6.54 Å². The van der Waals surface area contributed by atoms with Crippen molar-refractivity contribution in [2.75, 3.05) is 0 Å². The van der Waals surface area contributed by atoms with Crippen molar-refractivity contribution in [3.05, 3.63) is 42.2 Å². The number of carboxylic acid groups (broad SMARTS) is 1. The molecule has 0 aliphatic rings. The van der Waals surface area contributed by atoms with Crippen LogP contribution in [0.25, 0.3) is 11.4 Å². The molecule has 0 aliphatic heterocycles. The summed E-state index contributed by atoms with van der Waals surface area (Å²) in [4.78, 5) is 17.4. The van der Waals surface area contributed by atoms with Crippen molar-refractivity contribution < 1.29 is 9.90 Å². The van der Waals surface area contributed by atoms with Crippen LogP contribution >= 0.6 is 0 Å². The second-order valence-electron chi connectivity index (χ2n) is 3.29. The molecular formula is C11H11N3O2. The van der Waals surface area contributed by atoms with Gasteiger partial charge in [0.05, 0.1) is 0 Å². The van der Waals surface area contributed by atoms with E-state index in [0.29, 0.717) is 6.54 Å². The van der Waals surface area contributed by atoms with E-state index in [-0.39, 0.29) is 0 Å². The Morgan fingerprint density at radius 3 is 2.69 bits per heavy atom. The van der Waals surface area contributed by atoms with E-state index in [9.17, 15) is 4.79 Å². The molecule has 16 heavy (non-hydrogen) atoms. The van der Waals surface area contributed by atoms with Crippen LogP contribution in [0.1, 0.15) is 5.56 Å². The Kier molecular flexibility index (Phi) is 2.86. The van der Waals surface area contributed by atoms with Gasteiger partial charge in [0.1, 0.15) is 5.82 Å². The minimum absolute atomic E-state index is 0.313. The number of aromatic amines is 1. The fourth-order valence-electron chi connectivity index (χ4n) is 1.38.